The molecule has 0 radical (unpaired) electrons. The molecule has 0 saturated heterocycles. The van der Waals surface area contributed by atoms with E-state index in [-0.39, 0.29) is 10.6 Å². The van der Waals surface area contributed by atoms with Crippen LogP contribution in [-0.2, 0) is 10.0 Å². The number of nitrogen functional groups attached to an aromatic ring is 1. The van der Waals surface area contributed by atoms with Gasteiger partial charge >= 0.3 is 0 Å². The molecule has 6 heteroatoms. The molecule has 0 aliphatic rings. The molecule has 20 heavy (non-hydrogen) atoms. The van der Waals surface area contributed by atoms with Crippen LogP contribution in [0.4, 0.5) is 5.69 Å². The van der Waals surface area contributed by atoms with Crippen LogP contribution in [0.25, 0.3) is 0 Å². The van der Waals surface area contributed by atoms with Crippen molar-refractivity contribution in [3.8, 4) is 11.5 Å². The van der Waals surface area contributed by atoms with Gasteiger partial charge in [0, 0.05) is 14.1 Å². The second-order valence-electron chi connectivity index (χ2n) is 4.40. The first kappa shape index (κ1) is 14.4. The smallest absolute Gasteiger partial charge is 0.242 e. The molecule has 0 atom stereocenters. The summed E-state index contributed by atoms with van der Waals surface area (Å²) in [4.78, 5) is 0.139. The van der Waals surface area contributed by atoms with Gasteiger partial charge in [-0.1, -0.05) is 18.2 Å². The highest BCUT2D eigenvalue weighted by atomic mass is 32.2. The number of hydrogen-bond donors (Lipinski definition) is 1. The first-order valence-electron chi connectivity index (χ1n) is 5.96. The normalized spacial score (nSPS) is 11.6. The Hall–Kier alpha value is -2.05. The molecule has 0 heterocycles. The van der Waals surface area contributed by atoms with Crippen molar-refractivity contribution in [1.29, 1.82) is 0 Å². The van der Waals surface area contributed by atoms with Gasteiger partial charge in [0.15, 0.2) is 0 Å². The summed E-state index contributed by atoms with van der Waals surface area (Å²) in [6.45, 7) is 0. The monoisotopic (exact) mass is 292 g/mol. The molecule has 0 saturated carbocycles. The van der Waals surface area contributed by atoms with Gasteiger partial charge < -0.3 is 10.5 Å². The van der Waals surface area contributed by atoms with Crippen LogP contribution in [0.15, 0.2) is 53.4 Å². The minimum absolute atomic E-state index is 0.139. The number of nitrogens with zero attached hydrogens (tertiary/aromatic N) is 1. The lowest BCUT2D eigenvalue weighted by molar-refractivity contribution is 0.484. The number of anilines is 1. The summed E-state index contributed by atoms with van der Waals surface area (Å²) in [5, 5.41) is 0. The van der Waals surface area contributed by atoms with Crippen LogP contribution in [0.3, 0.4) is 0 Å². The maximum Gasteiger partial charge on any atom is 0.242 e. The van der Waals surface area contributed by atoms with E-state index >= 15 is 0 Å². The molecular weight excluding hydrogens is 276 g/mol. The summed E-state index contributed by atoms with van der Waals surface area (Å²) in [5.41, 5.74) is 6.13. The van der Waals surface area contributed by atoms with E-state index in [2.05, 4.69) is 0 Å². The molecule has 0 spiro atoms. The van der Waals surface area contributed by atoms with E-state index in [9.17, 15) is 8.42 Å². The largest absolute Gasteiger partial charge is 0.455 e. The van der Waals surface area contributed by atoms with Crippen LogP contribution in [0.5, 0.6) is 11.5 Å². The number of ether oxygens (including phenoxy) is 1. The van der Waals surface area contributed by atoms with E-state index in [0.717, 1.165) is 4.31 Å². The highest BCUT2D eigenvalue weighted by Gasteiger charge is 2.18. The SMILES string of the molecule is CN(C)S(=O)(=O)c1ccc(Oc2ccccc2)c(N)c1. The van der Waals surface area contributed by atoms with Crippen molar-refractivity contribution in [2.24, 2.45) is 0 Å². The lowest BCUT2D eigenvalue weighted by Crippen LogP contribution is -2.22. The van der Waals surface area contributed by atoms with Gasteiger partial charge in [-0.25, -0.2) is 12.7 Å². The van der Waals surface area contributed by atoms with Crippen molar-refractivity contribution in [2.75, 3.05) is 19.8 Å². The molecule has 0 unspecified atom stereocenters. The third-order valence-electron chi connectivity index (χ3n) is 2.73. The Balaban J connectivity index is 2.32. The summed E-state index contributed by atoms with van der Waals surface area (Å²) in [6.07, 6.45) is 0. The molecule has 5 nitrogen and oxygen atoms in total. The zero-order valence-corrected chi connectivity index (χ0v) is 12.1. The van der Waals surface area contributed by atoms with Gasteiger partial charge in [0.2, 0.25) is 10.0 Å². The van der Waals surface area contributed by atoms with Crippen molar-refractivity contribution in [2.45, 2.75) is 4.90 Å². The maximum absolute atomic E-state index is 12.0. The molecule has 2 rings (SSSR count). The summed E-state index contributed by atoms with van der Waals surface area (Å²) in [5.74, 6) is 1.07. The Kier molecular flexibility index (Phi) is 3.96. The highest BCUT2D eigenvalue weighted by Crippen LogP contribution is 2.29. The van der Waals surface area contributed by atoms with Crippen LogP contribution in [0.1, 0.15) is 0 Å². The van der Waals surface area contributed by atoms with Crippen LogP contribution in [-0.4, -0.2) is 26.8 Å². The number of hydrogen-bond acceptors (Lipinski definition) is 4. The van der Waals surface area contributed by atoms with Crippen LogP contribution >= 0.6 is 0 Å². The van der Waals surface area contributed by atoms with Gasteiger partial charge in [-0.3, -0.25) is 0 Å². The Morgan fingerprint density at radius 1 is 1.05 bits per heavy atom. The molecule has 2 aromatic carbocycles. The van der Waals surface area contributed by atoms with Gasteiger partial charge in [0.1, 0.15) is 11.5 Å². The van der Waals surface area contributed by atoms with Gasteiger partial charge in [-0.05, 0) is 30.3 Å². The molecule has 0 amide bonds. The summed E-state index contributed by atoms with van der Waals surface area (Å²) in [7, 11) is -0.547. The summed E-state index contributed by atoms with van der Waals surface area (Å²) < 4.78 is 30.7. The Morgan fingerprint density at radius 2 is 1.70 bits per heavy atom. The van der Waals surface area contributed by atoms with E-state index in [1.807, 2.05) is 18.2 Å². The van der Waals surface area contributed by atoms with Crippen molar-refractivity contribution in [3.05, 3.63) is 48.5 Å². The first-order chi connectivity index (χ1) is 9.41. The van der Waals surface area contributed by atoms with Crippen molar-refractivity contribution >= 4 is 15.7 Å². The standard InChI is InChI=1S/C14H16N2O3S/c1-16(2)20(17,18)12-8-9-14(13(15)10-12)19-11-6-4-3-5-7-11/h3-10H,15H2,1-2H3. The molecule has 2 N–H and O–H groups in total. The number of para-hydroxylation sites is 1. The van der Waals surface area contributed by atoms with Crippen molar-refractivity contribution in [3.63, 3.8) is 0 Å². The third-order valence-corrected chi connectivity index (χ3v) is 4.54. The van der Waals surface area contributed by atoms with E-state index in [0.29, 0.717) is 11.5 Å². The van der Waals surface area contributed by atoms with Gasteiger partial charge in [0.05, 0.1) is 10.6 Å². The average molecular weight is 292 g/mol. The van der Waals surface area contributed by atoms with Crippen molar-refractivity contribution in [1.82, 2.24) is 4.31 Å². The number of benzene rings is 2. The fourth-order valence-corrected chi connectivity index (χ4v) is 2.54. The molecule has 0 aliphatic carbocycles. The topological polar surface area (TPSA) is 72.6 Å². The second kappa shape index (κ2) is 5.52. The highest BCUT2D eigenvalue weighted by molar-refractivity contribution is 7.89. The zero-order valence-electron chi connectivity index (χ0n) is 11.3. The van der Waals surface area contributed by atoms with Crippen LogP contribution in [0, 0.1) is 0 Å². The predicted molar refractivity (Wildman–Crippen MR) is 78.2 cm³/mol. The molecule has 0 aliphatic heterocycles. The Bertz CT molecular complexity index is 698. The minimum Gasteiger partial charge on any atom is -0.455 e. The summed E-state index contributed by atoms with van der Waals surface area (Å²) in [6, 6.07) is 13.6. The lowest BCUT2D eigenvalue weighted by atomic mass is 10.3. The molecule has 0 bridgehead atoms. The molecule has 2 aromatic rings. The Morgan fingerprint density at radius 3 is 2.25 bits per heavy atom. The average Bonchev–Trinajstić information content (AvgIpc) is 2.42. The fourth-order valence-electron chi connectivity index (χ4n) is 1.61. The Labute approximate surface area is 118 Å². The summed E-state index contributed by atoms with van der Waals surface area (Å²) >= 11 is 0. The first-order valence-corrected chi connectivity index (χ1v) is 7.40. The number of rotatable bonds is 4. The molecule has 106 valence electrons. The van der Waals surface area contributed by atoms with E-state index in [4.69, 9.17) is 10.5 Å². The predicted octanol–water partition coefficient (Wildman–Crippen LogP) is 2.31. The van der Waals surface area contributed by atoms with E-state index in [1.165, 1.54) is 26.2 Å². The maximum atomic E-state index is 12.0. The van der Waals surface area contributed by atoms with Crippen LogP contribution < -0.4 is 10.5 Å². The van der Waals surface area contributed by atoms with Gasteiger partial charge in [0.25, 0.3) is 0 Å². The number of sulfonamides is 1. The van der Waals surface area contributed by atoms with E-state index in [1.54, 1.807) is 18.2 Å². The van der Waals surface area contributed by atoms with E-state index < -0.39 is 10.0 Å². The van der Waals surface area contributed by atoms with Crippen LogP contribution in [0.2, 0.25) is 0 Å². The zero-order chi connectivity index (χ0) is 14.8. The molecule has 0 aromatic heterocycles. The minimum atomic E-state index is -3.49. The molecular formula is C14H16N2O3S. The van der Waals surface area contributed by atoms with Gasteiger partial charge in [-0.2, -0.15) is 0 Å². The quantitative estimate of drug-likeness (QED) is 0.878. The number of nitrogens with two attached hydrogens (primary N) is 1. The third kappa shape index (κ3) is 2.92. The lowest BCUT2D eigenvalue weighted by Gasteiger charge is -2.13. The second-order valence-corrected chi connectivity index (χ2v) is 6.55. The van der Waals surface area contributed by atoms with Gasteiger partial charge in [-0.15, -0.1) is 0 Å². The van der Waals surface area contributed by atoms with Crippen molar-refractivity contribution < 1.29 is 13.2 Å². The fraction of sp³-hybridized carbons (Fsp3) is 0.143. The molecule has 0 fully saturated rings.